The van der Waals surface area contributed by atoms with Gasteiger partial charge in [0.1, 0.15) is 5.75 Å². The average molecular weight is 335 g/mol. The van der Waals surface area contributed by atoms with Gasteiger partial charge in [0.15, 0.2) is 0 Å². The molecule has 3 rings (SSSR count). The van der Waals surface area contributed by atoms with Gasteiger partial charge in [0.25, 0.3) is 5.91 Å². The van der Waals surface area contributed by atoms with Gasteiger partial charge in [0.05, 0.1) is 12.7 Å². The Labute approximate surface area is 145 Å². The highest BCUT2D eigenvalue weighted by atomic mass is 16.5. The van der Waals surface area contributed by atoms with Crippen LogP contribution < -0.4 is 15.4 Å². The maximum absolute atomic E-state index is 12.2. The second kappa shape index (κ2) is 7.87. The van der Waals surface area contributed by atoms with Crippen LogP contribution in [0.15, 0.2) is 61.2 Å². The third-order valence-corrected chi connectivity index (χ3v) is 3.46. The zero-order valence-electron chi connectivity index (χ0n) is 13.6. The molecule has 0 atom stereocenters. The van der Waals surface area contributed by atoms with Crippen molar-refractivity contribution in [2.45, 2.75) is 6.54 Å². The molecule has 126 valence electrons. The van der Waals surface area contributed by atoms with Crippen molar-refractivity contribution in [1.29, 1.82) is 0 Å². The number of aromatic nitrogens is 3. The Morgan fingerprint density at radius 1 is 1.04 bits per heavy atom. The first-order valence-electron chi connectivity index (χ1n) is 7.65. The minimum Gasteiger partial charge on any atom is -0.497 e. The molecule has 0 unspecified atom stereocenters. The molecule has 0 fully saturated rings. The van der Waals surface area contributed by atoms with Crippen LogP contribution in [0.5, 0.6) is 5.75 Å². The largest absolute Gasteiger partial charge is 0.497 e. The van der Waals surface area contributed by atoms with Crippen LogP contribution in [0.25, 0.3) is 0 Å². The van der Waals surface area contributed by atoms with Crippen molar-refractivity contribution in [3.05, 3.63) is 72.3 Å². The number of rotatable bonds is 6. The van der Waals surface area contributed by atoms with E-state index in [0.717, 1.165) is 11.3 Å². The lowest BCUT2D eigenvalue weighted by atomic mass is 10.2. The van der Waals surface area contributed by atoms with Gasteiger partial charge < -0.3 is 15.4 Å². The van der Waals surface area contributed by atoms with Crippen LogP contribution in [-0.2, 0) is 6.54 Å². The van der Waals surface area contributed by atoms with Gasteiger partial charge in [-0.05, 0) is 42.0 Å². The molecule has 0 aliphatic carbocycles. The van der Waals surface area contributed by atoms with E-state index in [1.807, 2.05) is 12.1 Å². The highest BCUT2D eigenvalue weighted by Gasteiger charge is 2.08. The molecule has 7 heteroatoms. The highest BCUT2D eigenvalue weighted by molar-refractivity contribution is 6.03. The minimum atomic E-state index is -0.272. The Morgan fingerprint density at radius 3 is 2.36 bits per heavy atom. The average Bonchev–Trinajstić information content (AvgIpc) is 2.68. The first-order chi connectivity index (χ1) is 12.2. The zero-order valence-corrected chi connectivity index (χ0v) is 13.6. The second-order valence-corrected chi connectivity index (χ2v) is 5.19. The molecule has 1 aromatic carbocycles. The number of carbonyl (C=O) groups is 1. The van der Waals surface area contributed by atoms with Crippen molar-refractivity contribution in [3.8, 4) is 5.75 Å². The van der Waals surface area contributed by atoms with Gasteiger partial charge in [-0.15, -0.1) is 0 Å². The lowest BCUT2D eigenvalue weighted by Gasteiger charge is -2.07. The topological polar surface area (TPSA) is 89.0 Å². The Balaban J connectivity index is 1.58. The van der Waals surface area contributed by atoms with E-state index < -0.39 is 0 Å². The van der Waals surface area contributed by atoms with Crippen molar-refractivity contribution in [2.24, 2.45) is 0 Å². The van der Waals surface area contributed by atoms with E-state index in [2.05, 4.69) is 25.6 Å². The number of benzene rings is 1. The maximum atomic E-state index is 12.2. The molecule has 0 bridgehead atoms. The highest BCUT2D eigenvalue weighted by Crippen LogP contribution is 2.15. The Hall–Kier alpha value is -3.48. The number of methoxy groups -OCH3 is 1. The number of hydrogen-bond acceptors (Lipinski definition) is 6. The second-order valence-electron chi connectivity index (χ2n) is 5.19. The molecule has 1 amide bonds. The summed E-state index contributed by atoms with van der Waals surface area (Å²) in [6.45, 7) is 0.583. The molecule has 2 aromatic heterocycles. The summed E-state index contributed by atoms with van der Waals surface area (Å²) in [4.78, 5) is 24.5. The molecule has 2 N–H and O–H groups in total. The smallest absolute Gasteiger partial charge is 0.258 e. The Kier molecular flexibility index (Phi) is 5.16. The summed E-state index contributed by atoms with van der Waals surface area (Å²) in [5.74, 6) is 0.912. The first kappa shape index (κ1) is 16.4. The number of amides is 1. The molecule has 0 saturated carbocycles. The van der Waals surface area contributed by atoms with Gasteiger partial charge in [-0.3, -0.25) is 9.78 Å². The predicted molar refractivity (Wildman–Crippen MR) is 94.5 cm³/mol. The molecule has 7 nitrogen and oxygen atoms in total. The number of nitrogens with zero attached hydrogens (tertiary/aromatic N) is 3. The van der Waals surface area contributed by atoms with Crippen molar-refractivity contribution >= 4 is 17.5 Å². The van der Waals surface area contributed by atoms with Gasteiger partial charge in [0.2, 0.25) is 5.95 Å². The number of pyridine rings is 1. The summed E-state index contributed by atoms with van der Waals surface area (Å²) in [6, 6.07) is 10.9. The van der Waals surface area contributed by atoms with Crippen molar-refractivity contribution < 1.29 is 9.53 Å². The summed E-state index contributed by atoms with van der Waals surface area (Å²) in [6.07, 6.45) is 6.43. The van der Waals surface area contributed by atoms with Crippen LogP contribution >= 0.6 is 0 Å². The monoisotopic (exact) mass is 335 g/mol. The van der Waals surface area contributed by atoms with Crippen LogP contribution in [-0.4, -0.2) is 28.0 Å². The molecule has 0 radical (unpaired) electrons. The number of anilines is 2. The predicted octanol–water partition coefficient (Wildman–Crippen LogP) is 2.74. The Morgan fingerprint density at radius 2 is 1.72 bits per heavy atom. The third kappa shape index (κ3) is 4.51. The van der Waals surface area contributed by atoms with E-state index in [1.54, 1.807) is 43.8 Å². The van der Waals surface area contributed by atoms with Crippen molar-refractivity contribution in [2.75, 3.05) is 17.7 Å². The number of nitrogens with one attached hydrogen (secondary N) is 2. The third-order valence-electron chi connectivity index (χ3n) is 3.46. The standard InChI is InChI=1S/C18H17N5O2/c1-25-16-4-2-15(3-5-16)23-17(24)14-11-21-18(22-12-14)20-10-13-6-8-19-9-7-13/h2-9,11-12H,10H2,1H3,(H,23,24)(H,20,21,22). The van der Waals surface area contributed by atoms with Crippen LogP contribution in [0.3, 0.4) is 0 Å². The lowest BCUT2D eigenvalue weighted by Crippen LogP contribution is -2.13. The fourth-order valence-electron chi connectivity index (χ4n) is 2.10. The molecule has 0 spiro atoms. The minimum absolute atomic E-state index is 0.272. The summed E-state index contributed by atoms with van der Waals surface area (Å²) < 4.78 is 5.08. The van der Waals surface area contributed by atoms with E-state index in [0.29, 0.717) is 23.7 Å². The van der Waals surface area contributed by atoms with E-state index in [-0.39, 0.29) is 5.91 Å². The Bertz CT molecular complexity index is 820. The number of hydrogen-bond donors (Lipinski definition) is 2. The molecular weight excluding hydrogens is 318 g/mol. The van der Waals surface area contributed by atoms with Gasteiger partial charge in [-0.25, -0.2) is 9.97 Å². The number of carbonyl (C=O) groups excluding carboxylic acids is 1. The summed E-state index contributed by atoms with van der Waals surface area (Å²) in [7, 11) is 1.59. The van der Waals surface area contributed by atoms with Crippen molar-refractivity contribution in [3.63, 3.8) is 0 Å². The molecule has 0 aliphatic heterocycles. The summed E-state index contributed by atoms with van der Waals surface area (Å²) >= 11 is 0. The SMILES string of the molecule is COc1ccc(NC(=O)c2cnc(NCc3ccncc3)nc2)cc1. The summed E-state index contributed by atoms with van der Waals surface area (Å²) in [5.41, 5.74) is 2.12. The van der Waals surface area contributed by atoms with Crippen LogP contribution in [0, 0.1) is 0 Å². The van der Waals surface area contributed by atoms with E-state index in [4.69, 9.17) is 4.74 Å². The number of ether oxygens (including phenoxy) is 1. The first-order valence-corrected chi connectivity index (χ1v) is 7.65. The molecule has 0 aliphatic rings. The molecule has 3 aromatic rings. The normalized spacial score (nSPS) is 10.1. The fraction of sp³-hybridized carbons (Fsp3) is 0.111. The quantitative estimate of drug-likeness (QED) is 0.720. The van der Waals surface area contributed by atoms with E-state index in [9.17, 15) is 4.79 Å². The van der Waals surface area contributed by atoms with Crippen LogP contribution in [0.1, 0.15) is 15.9 Å². The van der Waals surface area contributed by atoms with Crippen molar-refractivity contribution in [1.82, 2.24) is 15.0 Å². The van der Waals surface area contributed by atoms with E-state index >= 15 is 0 Å². The van der Waals surface area contributed by atoms with Crippen LogP contribution in [0.2, 0.25) is 0 Å². The fourth-order valence-corrected chi connectivity index (χ4v) is 2.10. The lowest BCUT2D eigenvalue weighted by molar-refractivity contribution is 0.102. The van der Waals surface area contributed by atoms with Crippen LogP contribution in [0.4, 0.5) is 11.6 Å². The molecule has 2 heterocycles. The zero-order chi connectivity index (χ0) is 17.5. The van der Waals surface area contributed by atoms with Gasteiger partial charge >= 0.3 is 0 Å². The van der Waals surface area contributed by atoms with Gasteiger partial charge in [-0.2, -0.15) is 0 Å². The summed E-state index contributed by atoms with van der Waals surface area (Å²) in [5, 5.41) is 5.88. The molecule has 25 heavy (non-hydrogen) atoms. The van der Waals surface area contributed by atoms with E-state index in [1.165, 1.54) is 12.4 Å². The molecule has 0 saturated heterocycles. The molecular formula is C18H17N5O2. The van der Waals surface area contributed by atoms with Gasteiger partial charge in [0, 0.05) is 37.0 Å². The van der Waals surface area contributed by atoms with Gasteiger partial charge in [-0.1, -0.05) is 0 Å². The maximum Gasteiger partial charge on any atom is 0.258 e.